The number of amides is 2. The van der Waals surface area contributed by atoms with Crippen LogP contribution >= 0.6 is 0 Å². The Balaban J connectivity index is 1.68. The fraction of sp³-hybridized carbons (Fsp3) is 0.733. The van der Waals surface area contributed by atoms with Crippen LogP contribution in [0.4, 0.5) is 0 Å². The number of aromatic nitrogens is 3. The van der Waals surface area contributed by atoms with Gasteiger partial charge in [0.25, 0.3) is 0 Å². The van der Waals surface area contributed by atoms with Crippen molar-refractivity contribution in [2.75, 3.05) is 19.6 Å². The summed E-state index contributed by atoms with van der Waals surface area (Å²) in [6.45, 7) is 3.74. The van der Waals surface area contributed by atoms with Crippen molar-refractivity contribution < 1.29 is 9.59 Å². The Kier molecular flexibility index (Phi) is 4.34. The molecule has 0 aromatic carbocycles. The van der Waals surface area contributed by atoms with Crippen molar-refractivity contribution in [2.45, 2.75) is 44.7 Å². The van der Waals surface area contributed by atoms with Gasteiger partial charge < -0.3 is 15.2 Å². The molecule has 1 saturated heterocycles. The molecular weight excluding hydrogens is 296 g/mol. The largest absolute Gasteiger partial charge is 0.369 e. The Morgan fingerprint density at radius 2 is 2.04 bits per heavy atom. The molecule has 2 amide bonds. The minimum atomic E-state index is -0.331. The molecule has 1 atom stereocenters. The Morgan fingerprint density at radius 1 is 1.30 bits per heavy atom. The SMILES string of the molecule is CC(=O)N(Cc1nnc(C2CC2)n1C)[C@@H]1CCN(CC(N)=O)C1. The lowest BCUT2D eigenvalue weighted by atomic mass is 10.2. The van der Waals surface area contributed by atoms with Crippen LogP contribution in [0.5, 0.6) is 0 Å². The van der Waals surface area contributed by atoms with Gasteiger partial charge in [-0.2, -0.15) is 0 Å². The summed E-state index contributed by atoms with van der Waals surface area (Å²) < 4.78 is 2.02. The molecule has 8 heteroatoms. The van der Waals surface area contributed by atoms with E-state index in [4.69, 9.17) is 5.73 Å². The van der Waals surface area contributed by atoms with Crippen molar-refractivity contribution in [3.05, 3.63) is 11.6 Å². The van der Waals surface area contributed by atoms with Crippen LogP contribution in [0.2, 0.25) is 0 Å². The minimum absolute atomic E-state index is 0.0203. The summed E-state index contributed by atoms with van der Waals surface area (Å²) >= 11 is 0. The third-order valence-corrected chi connectivity index (χ3v) is 4.73. The second kappa shape index (κ2) is 6.27. The lowest BCUT2D eigenvalue weighted by molar-refractivity contribution is -0.131. The molecule has 0 unspecified atom stereocenters. The second-order valence-corrected chi connectivity index (χ2v) is 6.60. The molecule has 1 saturated carbocycles. The molecule has 126 valence electrons. The van der Waals surface area contributed by atoms with Crippen LogP contribution in [-0.4, -0.2) is 62.1 Å². The molecule has 3 rings (SSSR count). The third kappa shape index (κ3) is 3.52. The zero-order valence-corrected chi connectivity index (χ0v) is 13.7. The highest BCUT2D eigenvalue weighted by Crippen LogP contribution is 2.38. The number of primary amides is 1. The van der Waals surface area contributed by atoms with E-state index in [0.717, 1.165) is 24.6 Å². The Morgan fingerprint density at radius 3 is 2.65 bits per heavy atom. The lowest BCUT2D eigenvalue weighted by Crippen LogP contribution is -2.42. The summed E-state index contributed by atoms with van der Waals surface area (Å²) in [6, 6.07) is 0.0907. The van der Waals surface area contributed by atoms with Crippen LogP contribution in [0, 0.1) is 0 Å². The average Bonchev–Trinajstić information content (AvgIpc) is 3.11. The molecular formula is C15H24N6O2. The van der Waals surface area contributed by atoms with E-state index in [2.05, 4.69) is 10.2 Å². The maximum absolute atomic E-state index is 12.1. The van der Waals surface area contributed by atoms with Crippen LogP contribution in [0.1, 0.15) is 43.8 Å². The number of rotatable bonds is 6. The van der Waals surface area contributed by atoms with Crippen molar-refractivity contribution >= 4 is 11.8 Å². The molecule has 23 heavy (non-hydrogen) atoms. The highest BCUT2D eigenvalue weighted by atomic mass is 16.2. The van der Waals surface area contributed by atoms with Gasteiger partial charge in [-0.25, -0.2) is 0 Å². The van der Waals surface area contributed by atoms with Crippen LogP contribution < -0.4 is 5.73 Å². The van der Waals surface area contributed by atoms with Gasteiger partial charge >= 0.3 is 0 Å². The molecule has 0 bridgehead atoms. The van der Waals surface area contributed by atoms with Crippen LogP contribution in [-0.2, 0) is 23.2 Å². The lowest BCUT2D eigenvalue weighted by Gasteiger charge is -2.27. The van der Waals surface area contributed by atoms with E-state index in [1.807, 2.05) is 21.4 Å². The van der Waals surface area contributed by atoms with Gasteiger partial charge in [0, 0.05) is 39.0 Å². The smallest absolute Gasteiger partial charge is 0.231 e. The number of likely N-dealkylation sites (tertiary alicyclic amines) is 1. The molecule has 1 aliphatic heterocycles. The van der Waals surface area contributed by atoms with E-state index < -0.39 is 0 Å². The fourth-order valence-corrected chi connectivity index (χ4v) is 3.29. The van der Waals surface area contributed by atoms with Gasteiger partial charge in [-0.1, -0.05) is 0 Å². The van der Waals surface area contributed by atoms with Gasteiger partial charge in [-0.3, -0.25) is 14.5 Å². The number of carbonyl (C=O) groups is 2. The minimum Gasteiger partial charge on any atom is -0.369 e. The number of hydrogen-bond acceptors (Lipinski definition) is 5. The number of carbonyl (C=O) groups excluding carboxylic acids is 2. The van der Waals surface area contributed by atoms with E-state index in [1.165, 1.54) is 12.8 Å². The standard InChI is InChI=1S/C15H24N6O2/c1-10(22)21(12-5-6-20(7-12)8-13(16)23)9-14-17-18-15(19(14)2)11-3-4-11/h11-12H,3-9H2,1-2H3,(H2,16,23)/t12-/m1/s1. The van der Waals surface area contributed by atoms with Gasteiger partial charge in [-0.15, -0.1) is 10.2 Å². The number of hydrogen-bond donors (Lipinski definition) is 1. The van der Waals surface area contributed by atoms with Crippen molar-refractivity contribution in [1.29, 1.82) is 0 Å². The van der Waals surface area contributed by atoms with Gasteiger partial charge in [-0.05, 0) is 19.3 Å². The topological polar surface area (TPSA) is 97.3 Å². The Labute approximate surface area is 135 Å². The Bertz CT molecular complexity index is 609. The van der Waals surface area contributed by atoms with Crippen LogP contribution in [0.3, 0.4) is 0 Å². The first kappa shape index (κ1) is 15.9. The summed E-state index contributed by atoms with van der Waals surface area (Å²) in [7, 11) is 1.97. The number of nitrogens with two attached hydrogens (primary N) is 1. The second-order valence-electron chi connectivity index (χ2n) is 6.60. The van der Waals surface area contributed by atoms with E-state index in [1.54, 1.807) is 6.92 Å². The first-order valence-corrected chi connectivity index (χ1v) is 8.11. The fourth-order valence-electron chi connectivity index (χ4n) is 3.29. The van der Waals surface area contributed by atoms with Crippen molar-refractivity contribution in [2.24, 2.45) is 12.8 Å². The van der Waals surface area contributed by atoms with Crippen molar-refractivity contribution in [3.8, 4) is 0 Å². The van der Waals surface area contributed by atoms with Gasteiger partial charge in [0.05, 0.1) is 13.1 Å². The van der Waals surface area contributed by atoms with Gasteiger partial charge in [0.2, 0.25) is 11.8 Å². The molecule has 2 N–H and O–H groups in total. The highest BCUT2D eigenvalue weighted by molar-refractivity contribution is 5.76. The van der Waals surface area contributed by atoms with Crippen LogP contribution in [0.15, 0.2) is 0 Å². The summed E-state index contributed by atoms with van der Waals surface area (Å²) in [5, 5.41) is 8.54. The first-order valence-electron chi connectivity index (χ1n) is 8.11. The monoisotopic (exact) mass is 320 g/mol. The molecule has 0 spiro atoms. The normalized spacial score (nSPS) is 21.6. The molecule has 8 nitrogen and oxygen atoms in total. The van der Waals surface area contributed by atoms with Crippen molar-refractivity contribution in [3.63, 3.8) is 0 Å². The molecule has 1 aliphatic carbocycles. The van der Waals surface area contributed by atoms with E-state index in [-0.39, 0.29) is 24.4 Å². The maximum Gasteiger partial charge on any atom is 0.231 e. The van der Waals surface area contributed by atoms with Crippen LogP contribution in [0.25, 0.3) is 0 Å². The zero-order chi connectivity index (χ0) is 16.6. The molecule has 1 aromatic rings. The molecule has 2 fully saturated rings. The summed E-state index contributed by atoms with van der Waals surface area (Å²) in [5.41, 5.74) is 5.25. The van der Waals surface area contributed by atoms with E-state index in [0.29, 0.717) is 19.0 Å². The van der Waals surface area contributed by atoms with Gasteiger partial charge in [0.15, 0.2) is 5.82 Å². The van der Waals surface area contributed by atoms with E-state index in [9.17, 15) is 9.59 Å². The van der Waals surface area contributed by atoms with Crippen molar-refractivity contribution in [1.82, 2.24) is 24.6 Å². The third-order valence-electron chi connectivity index (χ3n) is 4.73. The maximum atomic E-state index is 12.1. The molecule has 1 aromatic heterocycles. The van der Waals surface area contributed by atoms with Gasteiger partial charge in [0.1, 0.15) is 5.82 Å². The van der Waals surface area contributed by atoms with E-state index >= 15 is 0 Å². The highest BCUT2D eigenvalue weighted by Gasteiger charge is 2.32. The predicted molar refractivity (Wildman–Crippen MR) is 83.2 cm³/mol. The predicted octanol–water partition coefficient (Wildman–Crippen LogP) is -0.399. The molecule has 0 radical (unpaired) electrons. The average molecular weight is 320 g/mol. The summed E-state index contributed by atoms with van der Waals surface area (Å²) in [4.78, 5) is 27.0. The summed E-state index contributed by atoms with van der Waals surface area (Å²) in [5.74, 6) is 2.06. The summed E-state index contributed by atoms with van der Waals surface area (Å²) in [6.07, 6.45) is 3.19. The first-order chi connectivity index (χ1) is 11.0. The zero-order valence-electron chi connectivity index (χ0n) is 13.7. The molecule has 2 aliphatic rings. The number of nitrogens with zero attached hydrogens (tertiary/aromatic N) is 5. The quantitative estimate of drug-likeness (QED) is 0.769. The molecule has 2 heterocycles. The Hall–Kier alpha value is -1.96.